The fourth-order valence-corrected chi connectivity index (χ4v) is 2.40. The third-order valence-electron chi connectivity index (χ3n) is 3.32. The molecule has 2 rings (SSSR count). The molecule has 2 N–H and O–H groups in total. The highest BCUT2D eigenvalue weighted by molar-refractivity contribution is 9.10. The number of nitrogens with one attached hydrogen (secondary N) is 2. The highest BCUT2D eigenvalue weighted by Crippen LogP contribution is 2.13. The molecule has 0 unspecified atom stereocenters. The Morgan fingerprint density at radius 1 is 1.08 bits per heavy atom. The quantitative estimate of drug-likeness (QED) is 0.679. The molecule has 2 aromatic rings. The maximum Gasteiger partial charge on any atom is 0.267 e. The Hall–Kier alpha value is -2.11. The lowest BCUT2D eigenvalue weighted by Crippen LogP contribution is -2.35. The molecule has 0 saturated carbocycles. The van der Waals surface area contributed by atoms with E-state index in [9.17, 15) is 9.59 Å². The lowest BCUT2D eigenvalue weighted by atomic mass is 10.1. The second-order valence-electron chi connectivity index (χ2n) is 5.33. The lowest BCUT2D eigenvalue weighted by Gasteiger charge is -2.11. The van der Waals surface area contributed by atoms with E-state index in [1.54, 1.807) is 54.6 Å². The summed E-state index contributed by atoms with van der Waals surface area (Å²) in [4.78, 5) is 24.8. The van der Waals surface area contributed by atoms with Gasteiger partial charge in [0.15, 0.2) is 0 Å². The second kappa shape index (κ2) is 9.39. The van der Waals surface area contributed by atoms with Crippen LogP contribution in [0, 0.1) is 0 Å². The zero-order chi connectivity index (χ0) is 18.2. The average molecular weight is 422 g/mol. The van der Waals surface area contributed by atoms with Crippen LogP contribution >= 0.6 is 27.5 Å². The summed E-state index contributed by atoms with van der Waals surface area (Å²) < 4.78 is 0.877. The van der Waals surface area contributed by atoms with Crippen molar-refractivity contribution in [1.29, 1.82) is 0 Å². The Morgan fingerprint density at radius 3 is 2.32 bits per heavy atom. The third-order valence-corrected chi connectivity index (χ3v) is 4.10. The van der Waals surface area contributed by atoms with Crippen molar-refractivity contribution in [1.82, 2.24) is 10.6 Å². The van der Waals surface area contributed by atoms with Crippen LogP contribution in [0.25, 0.3) is 6.08 Å². The van der Waals surface area contributed by atoms with Crippen LogP contribution in [0.4, 0.5) is 0 Å². The minimum absolute atomic E-state index is 0.184. The zero-order valence-corrected chi connectivity index (χ0v) is 16.0. The first-order chi connectivity index (χ1) is 12.0. The molecule has 0 aliphatic rings. The van der Waals surface area contributed by atoms with Crippen molar-refractivity contribution in [3.05, 3.63) is 74.9 Å². The Bertz CT molecular complexity index is 771. The average Bonchev–Trinajstić information content (AvgIpc) is 2.61. The SMILES string of the molecule is CCCNC(=O)/C(=C/c1ccc(Cl)cc1)NC(=O)c1ccc(Br)cc1. The highest BCUT2D eigenvalue weighted by atomic mass is 79.9. The summed E-state index contributed by atoms with van der Waals surface area (Å²) in [6, 6.07) is 13.9. The van der Waals surface area contributed by atoms with Crippen molar-refractivity contribution < 1.29 is 9.59 Å². The van der Waals surface area contributed by atoms with Crippen LogP contribution in [0.15, 0.2) is 58.7 Å². The number of rotatable bonds is 6. The maximum absolute atomic E-state index is 12.4. The topological polar surface area (TPSA) is 58.2 Å². The van der Waals surface area contributed by atoms with Crippen molar-refractivity contribution in [2.45, 2.75) is 13.3 Å². The number of hydrogen-bond donors (Lipinski definition) is 2. The summed E-state index contributed by atoms with van der Waals surface area (Å²) in [5.41, 5.74) is 1.42. The molecular formula is C19H18BrClN2O2. The van der Waals surface area contributed by atoms with E-state index in [-0.39, 0.29) is 17.5 Å². The van der Waals surface area contributed by atoms with Gasteiger partial charge in [-0.15, -0.1) is 0 Å². The summed E-state index contributed by atoms with van der Waals surface area (Å²) in [6.45, 7) is 2.49. The Kier molecular flexibility index (Phi) is 7.22. The van der Waals surface area contributed by atoms with Crippen LogP contribution in [-0.4, -0.2) is 18.4 Å². The molecule has 0 saturated heterocycles. The fraction of sp³-hybridized carbons (Fsp3) is 0.158. The first-order valence-electron chi connectivity index (χ1n) is 7.82. The van der Waals surface area contributed by atoms with E-state index in [1.807, 2.05) is 6.92 Å². The van der Waals surface area contributed by atoms with Crippen LogP contribution < -0.4 is 10.6 Å². The molecule has 0 bridgehead atoms. The predicted molar refractivity (Wildman–Crippen MR) is 104 cm³/mol. The minimum atomic E-state index is -0.348. The summed E-state index contributed by atoms with van der Waals surface area (Å²) >= 11 is 9.21. The first kappa shape index (κ1) is 19.2. The molecule has 130 valence electrons. The fourth-order valence-electron chi connectivity index (χ4n) is 2.01. The van der Waals surface area contributed by atoms with Crippen LogP contribution in [0.3, 0.4) is 0 Å². The number of halogens is 2. The van der Waals surface area contributed by atoms with Gasteiger partial charge in [0.1, 0.15) is 5.70 Å². The predicted octanol–water partition coefficient (Wildman–Crippen LogP) is 4.40. The van der Waals surface area contributed by atoms with Gasteiger partial charge in [0.25, 0.3) is 11.8 Å². The summed E-state index contributed by atoms with van der Waals surface area (Å²) in [5, 5.41) is 6.07. The Morgan fingerprint density at radius 2 is 1.72 bits per heavy atom. The summed E-state index contributed by atoms with van der Waals surface area (Å²) in [5.74, 6) is -0.679. The van der Waals surface area contributed by atoms with Gasteiger partial charge in [0.2, 0.25) is 0 Å². The minimum Gasteiger partial charge on any atom is -0.351 e. The van der Waals surface area contributed by atoms with Gasteiger partial charge in [-0.05, 0) is 54.5 Å². The van der Waals surface area contributed by atoms with Crippen LogP contribution in [0.2, 0.25) is 5.02 Å². The van der Waals surface area contributed by atoms with Gasteiger partial charge >= 0.3 is 0 Å². The van der Waals surface area contributed by atoms with Gasteiger partial charge < -0.3 is 10.6 Å². The molecule has 0 atom stereocenters. The van der Waals surface area contributed by atoms with Crippen LogP contribution in [-0.2, 0) is 4.79 Å². The smallest absolute Gasteiger partial charge is 0.267 e. The second-order valence-corrected chi connectivity index (χ2v) is 6.68. The molecule has 0 fully saturated rings. The monoisotopic (exact) mass is 420 g/mol. The number of benzene rings is 2. The van der Waals surface area contributed by atoms with Gasteiger partial charge in [-0.25, -0.2) is 0 Å². The van der Waals surface area contributed by atoms with E-state index >= 15 is 0 Å². The van der Waals surface area contributed by atoms with E-state index in [0.717, 1.165) is 16.5 Å². The molecule has 0 radical (unpaired) electrons. The number of amides is 2. The zero-order valence-electron chi connectivity index (χ0n) is 13.7. The van der Waals surface area contributed by atoms with Gasteiger partial charge in [0, 0.05) is 21.6 Å². The van der Waals surface area contributed by atoms with Crippen molar-refractivity contribution in [2.75, 3.05) is 6.54 Å². The van der Waals surface area contributed by atoms with Gasteiger partial charge in [-0.1, -0.05) is 46.6 Å². The molecule has 4 nitrogen and oxygen atoms in total. The summed E-state index contributed by atoms with van der Waals surface area (Å²) in [7, 11) is 0. The van der Waals surface area contributed by atoms with Gasteiger partial charge in [-0.3, -0.25) is 9.59 Å². The molecule has 0 aliphatic carbocycles. The molecular weight excluding hydrogens is 404 g/mol. The van der Waals surface area contributed by atoms with E-state index in [1.165, 1.54) is 0 Å². The number of carbonyl (C=O) groups excluding carboxylic acids is 2. The lowest BCUT2D eigenvalue weighted by molar-refractivity contribution is -0.117. The normalized spacial score (nSPS) is 11.1. The van der Waals surface area contributed by atoms with Crippen LogP contribution in [0.1, 0.15) is 29.3 Å². The van der Waals surface area contributed by atoms with Crippen molar-refractivity contribution in [3.63, 3.8) is 0 Å². The Labute approximate surface area is 160 Å². The molecule has 2 amide bonds. The molecule has 25 heavy (non-hydrogen) atoms. The molecule has 2 aromatic carbocycles. The van der Waals surface area contributed by atoms with Gasteiger partial charge in [-0.2, -0.15) is 0 Å². The standard InChI is InChI=1S/C19H18BrClN2O2/c1-2-11-22-19(25)17(12-13-3-9-16(21)10-4-13)23-18(24)14-5-7-15(20)8-6-14/h3-10,12H,2,11H2,1H3,(H,22,25)(H,23,24)/b17-12-. The molecule has 6 heteroatoms. The van der Waals surface area contributed by atoms with Crippen molar-refractivity contribution >= 4 is 45.4 Å². The summed E-state index contributed by atoms with van der Waals surface area (Å²) in [6.07, 6.45) is 2.43. The molecule has 0 aromatic heterocycles. The first-order valence-corrected chi connectivity index (χ1v) is 8.99. The van der Waals surface area contributed by atoms with Crippen molar-refractivity contribution in [2.24, 2.45) is 0 Å². The maximum atomic E-state index is 12.4. The molecule has 0 heterocycles. The van der Waals surface area contributed by atoms with Crippen LogP contribution in [0.5, 0.6) is 0 Å². The molecule has 0 aliphatic heterocycles. The number of hydrogen-bond acceptors (Lipinski definition) is 2. The number of carbonyl (C=O) groups is 2. The van der Waals surface area contributed by atoms with Gasteiger partial charge in [0.05, 0.1) is 0 Å². The third kappa shape index (κ3) is 6.03. The Balaban J connectivity index is 2.24. The van der Waals surface area contributed by atoms with E-state index in [4.69, 9.17) is 11.6 Å². The van der Waals surface area contributed by atoms with E-state index in [0.29, 0.717) is 17.1 Å². The van der Waals surface area contributed by atoms with E-state index < -0.39 is 0 Å². The molecule has 0 spiro atoms. The highest BCUT2D eigenvalue weighted by Gasteiger charge is 2.14. The van der Waals surface area contributed by atoms with E-state index in [2.05, 4.69) is 26.6 Å². The largest absolute Gasteiger partial charge is 0.351 e. The van der Waals surface area contributed by atoms with Crippen molar-refractivity contribution in [3.8, 4) is 0 Å².